The van der Waals surface area contributed by atoms with Gasteiger partial charge in [-0.25, -0.2) is 0 Å². The van der Waals surface area contributed by atoms with Crippen LogP contribution in [0.4, 0.5) is 0 Å². The van der Waals surface area contributed by atoms with Crippen LogP contribution in [0.3, 0.4) is 0 Å². The summed E-state index contributed by atoms with van der Waals surface area (Å²) in [5.74, 6) is 0.451. The van der Waals surface area contributed by atoms with E-state index in [-0.39, 0.29) is 12.1 Å². The lowest BCUT2D eigenvalue weighted by Gasteiger charge is -2.30. The Morgan fingerprint density at radius 1 is 1.33 bits per heavy atom. The molecule has 3 heterocycles. The molecule has 0 aromatic carbocycles. The van der Waals surface area contributed by atoms with Crippen LogP contribution in [0, 0.1) is 5.92 Å². The van der Waals surface area contributed by atoms with Gasteiger partial charge in [-0.15, -0.1) is 0 Å². The molecule has 1 aromatic rings. The number of hydrogen-bond donors (Lipinski definition) is 1. The maximum Gasteiger partial charge on any atom is 0.167 e. The van der Waals surface area contributed by atoms with Crippen LogP contribution in [-0.4, -0.2) is 37.9 Å². The third-order valence-electron chi connectivity index (χ3n) is 3.47. The van der Waals surface area contributed by atoms with Gasteiger partial charge in [0.05, 0.1) is 23.9 Å². The average molecular weight is 246 g/mol. The maximum absolute atomic E-state index is 9.78. The van der Waals surface area contributed by atoms with Crippen molar-refractivity contribution < 1.29 is 5.11 Å². The Kier molecular flexibility index (Phi) is 2.43. The van der Waals surface area contributed by atoms with Gasteiger partial charge in [0.2, 0.25) is 0 Å². The van der Waals surface area contributed by atoms with Crippen LogP contribution in [0.15, 0.2) is 0 Å². The Bertz CT molecular complexity index is 370. The summed E-state index contributed by atoms with van der Waals surface area (Å²) in [6.07, 6.45) is 1.93. The van der Waals surface area contributed by atoms with Gasteiger partial charge in [0.15, 0.2) is 5.15 Å². The van der Waals surface area contributed by atoms with Crippen LogP contribution in [0.1, 0.15) is 24.6 Å². The molecule has 0 spiro atoms. The Balaban J connectivity index is 1.87. The number of fused-ring (bicyclic) bond motifs is 2. The standard InChI is InChI=1S/C9H12ClN3OS/c10-9-8(11-15-12-9)6-2-1-5-3-13(6)4-7(5)14/h5-7,14H,1-4H2. The highest BCUT2D eigenvalue weighted by Gasteiger charge is 2.41. The number of aromatic nitrogens is 2. The van der Waals surface area contributed by atoms with Crippen molar-refractivity contribution >= 4 is 23.3 Å². The fourth-order valence-corrected chi connectivity index (χ4v) is 3.49. The minimum absolute atomic E-state index is 0.166. The van der Waals surface area contributed by atoms with Gasteiger partial charge in [-0.1, -0.05) is 11.6 Å². The van der Waals surface area contributed by atoms with Gasteiger partial charge in [-0.2, -0.15) is 8.75 Å². The van der Waals surface area contributed by atoms with Crippen molar-refractivity contribution in [3.63, 3.8) is 0 Å². The lowest BCUT2D eigenvalue weighted by molar-refractivity contribution is 0.144. The molecule has 2 aliphatic rings. The molecule has 2 bridgehead atoms. The molecule has 4 nitrogen and oxygen atoms in total. The normalized spacial score (nSPS) is 39.6. The van der Waals surface area contributed by atoms with Crippen molar-refractivity contribution in [2.45, 2.75) is 25.0 Å². The van der Waals surface area contributed by atoms with Gasteiger partial charge in [0, 0.05) is 13.1 Å². The van der Waals surface area contributed by atoms with E-state index in [1.54, 1.807) is 0 Å². The Morgan fingerprint density at radius 2 is 2.20 bits per heavy atom. The topological polar surface area (TPSA) is 49.2 Å². The molecule has 82 valence electrons. The van der Waals surface area contributed by atoms with Crippen LogP contribution in [0.25, 0.3) is 0 Å². The van der Waals surface area contributed by atoms with E-state index in [2.05, 4.69) is 13.6 Å². The van der Waals surface area contributed by atoms with Crippen LogP contribution in [0.2, 0.25) is 5.15 Å². The minimum atomic E-state index is -0.166. The Labute approximate surface area is 97.2 Å². The summed E-state index contributed by atoms with van der Waals surface area (Å²) in [7, 11) is 0. The van der Waals surface area contributed by atoms with Gasteiger partial charge in [0.25, 0.3) is 0 Å². The third kappa shape index (κ3) is 1.58. The first-order valence-corrected chi connectivity index (χ1v) is 6.26. The number of hydrogen-bond acceptors (Lipinski definition) is 5. The maximum atomic E-state index is 9.78. The van der Waals surface area contributed by atoms with Crippen molar-refractivity contribution in [1.29, 1.82) is 0 Å². The zero-order chi connectivity index (χ0) is 10.4. The molecule has 2 saturated heterocycles. The summed E-state index contributed by atoms with van der Waals surface area (Å²) in [4.78, 5) is 2.28. The van der Waals surface area contributed by atoms with E-state index in [0.717, 1.165) is 31.6 Å². The van der Waals surface area contributed by atoms with Gasteiger partial charge in [-0.3, -0.25) is 4.90 Å². The molecule has 6 heteroatoms. The van der Waals surface area contributed by atoms with Crippen molar-refractivity contribution in [3.8, 4) is 0 Å². The molecule has 1 aromatic heterocycles. The van der Waals surface area contributed by atoms with E-state index in [1.165, 1.54) is 11.7 Å². The van der Waals surface area contributed by atoms with E-state index >= 15 is 0 Å². The van der Waals surface area contributed by atoms with Crippen LogP contribution >= 0.6 is 23.3 Å². The largest absolute Gasteiger partial charge is 0.391 e. The number of piperidine rings is 1. The molecule has 2 fully saturated rings. The van der Waals surface area contributed by atoms with Gasteiger partial charge >= 0.3 is 0 Å². The predicted octanol–water partition coefficient (Wildman–Crippen LogP) is 1.32. The second kappa shape index (κ2) is 3.66. The molecule has 15 heavy (non-hydrogen) atoms. The minimum Gasteiger partial charge on any atom is -0.391 e. The summed E-state index contributed by atoms with van der Waals surface area (Å²) >= 11 is 7.16. The fraction of sp³-hybridized carbons (Fsp3) is 0.778. The molecule has 4 unspecified atom stereocenters. The highest BCUT2D eigenvalue weighted by atomic mass is 35.5. The molecule has 2 aliphatic heterocycles. The first kappa shape index (κ1) is 9.96. The molecule has 0 radical (unpaired) electrons. The summed E-state index contributed by atoms with van der Waals surface area (Å²) in [5, 5.41) is 10.3. The summed E-state index contributed by atoms with van der Waals surface area (Å²) in [5.41, 5.74) is 0.897. The van der Waals surface area contributed by atoms with Gasteiger partial charge in [0.1, 0.15) is 5.69 Å². The molecule has 3 rings (SSSR count). The Hall–Kier alpha value is -0.230. The molecule has 0 saturated carbocycles. The highest BCUT2D eigenvalue weighted by molar-refractivity contribution is 6.99. The number of aliphatic hydroxyl groups excluding tert-OH is 1. The molecule has 4 atom stereocenters. The van der Waals surface area contributed by atoms with E-state index in [1.807, 2.05) is 0 Å². The smallest absolute Gasteiger partial charge is 0.167 e. The molecule has 1 N–H and O–H groups in total. The quantitative estimate of drug-likeness (QED) is 0.811. The summed E-state index contributed by atoms with van der Waals surface area (Å²) < 4.78 is 8.26. The van der Waals surface area contributed by atoms with E-state index in [9.17, 15) is 5.11 Å². The van der Waals surface area contributed by atoms with Crippen molar-refractivity contribution in [3.05, 3.63) is 10.8 Å². The monoisotopic (exact) mass is 245 g/mol. The SMILES string of the molecule is OC1CN2CC1CCC2c1nsnc1Cl. The van der Waals surface area contributed by atoms with E-state index in [0.29, 0.717) is 11.1 Å². The number of nitrogens with zero attached hydrogens (tertiary/aromatic N) is 3. The molecule has 0 aliphatic carbocycles. The predicted molar refractivity (Wildman–Crippen MR) is 58.0 cm³/mol. The lowest BCUT2D eigenvalue weighted by Crippen LogP contribution is -2.30. The fourth-order valence-electron chi connectivity index (χ4n) is 2.67. The second-order valence-electron chi connectivity index (χ2n) is 4.31. The zero-order valence-electron chi connectivity index (χ0n) is 8.14. The van der Waals surface area contributed by atoms with Crippen LogP contribution in [0.5, 0.6) is 0 Å². The van der Waals surface area contributed by atoms with E-state index in [4.69, 9.17) is 11.6 Å². The molecule has 0 amide bonds. The van der Waals surface area contributed by atoms with Crippen molar-refractivity contribution in [2.24, 2.45) is 5.92 Å². The highest BCUT2D eigenvalue weighted by Crippen LogP contribution is 2.40. The van der Waals surface area contributed by atoms with Gasteiger partial charge in [-0.05, 0) is 18.8 Å². The number of aliphatic hydroxyl groups is 1. The third-order valence-corrected chi connectivity index (χ3v) is 4.39. The summed E-state index contributed by atoms with van der Waals surface area (Å²) in [6, 6.07) is 0.268. The van der Waals surface area contributed by atoms with Crippen molar-refractivity contribution in [2.75, 3.05) is 13.1 Å². The first-order valence-electron chi connectivity index (χ1n) is 5.16. The van der Waals surface area contributed by atoms with Crippen LogP contribution in [-0.2, 0) is 0 Å². The first-order chi connectivity index (χ1) is 7.25. The molecular formula is C9H12ClN3OS. The van der Waals surface area contributed by atoms with Gasteiger partial charge < -0.3 is 5.11 Å². The van der Waals surface area contributed by atoms with E-state index < -0.39 is 0 Å². The molecular weight excluding hydrogens is 234 g/mol. The van der Waals surface area contributed by atoms with Crippen LogP contribution < -0.4 is 0 Å². The second-order valence-corrected chi connectivity index (χ2v) is 5.20. The summed E-state index contributed by atoms with van der Waals surface area (Å²) in [6.45, 7) is 1.73. The average Bonchev–Trinajstić information content (AvgIpc) is 2.75. The van der Waals surface area contributed by atoms with Crippen molar-refractivity contribution in [1.82, 2.24) is 13.6 Å². The number of halogens is 1. The lowest BCUT2D eigenvalue weighted by atomic mass is 9.94. The Morgan fingerprint density at radius 3 is 2.93 bits per heavy atom. The zero-order valence-corrected chi connectivity index (χ0v) is 9.71. The number of rotatable bonds is 1.